The standard InChI is InChI=1S/C11H14N2O/c1-13(2)11(14)8-9-12-10-6-4-3-5-7-10/h3-9,12H,1-2H3. The Balaban J connectivity index is 2.45. The molecule has 0 aliphatic carbocycles. The summed E-state index contributed by atoms with van der Waals surface area (Å²) in [5.41, 5.74) is 0.968. The average Bonchev–Trinajstić information content (AvgIpc) is 2.19. The molecule has 0 bridgehead atoms. The van der Waals surface area contributed by atoms with Crippen LogP contribution in [0.3, 0.4) is 0 Å². The molecular weight excluding hydrogens is 176 g/mol. The molecule has 3 heteroatoms. The first kappa shape index (κ1) is 10.3. The molecule has 0 atom stereocenters. The number of nitrogens with zero attached hydrogens (tertiary/aromatic N) is 1. The summed E-state index contributed by atoms with van der Waals surface area (Å²) in [6.07, 6.45) is 3.13. The highest BCUT2D eigenvalue weighted by molar-refractivity contribution is 5.87. The summed E-state index contributed by atoms with van der Waals surface area (Å²) in [4.78, 5) is 12.6. The van der Waals surface area contributed by atoms with E-state index in [0.717, 1.165) is 5.69 Å². The van der Waals surface area contributed by atoms with Crippen LogP contribution >= 0.6 is 0 Å². The number of benzene rings is 1. The van der Waals surface area contributed by atoms with E-state index in [0.29, 0.717) is 0 Å². The van der Waals surface area contributed by atoms with Gasteiger partial charge in [0.15, 0.2) is 0 Å². The molecule has 1 rings (SSSR count). The molecular formula is C11H14N2O. The molecule has 3 nitrogen and oxygen atoms in total. The van der Waals surface area contributed by atoms with Crippen LogP contribution in [0.5, 0.6) is 0 Å². The minimum absolute atomic E-state index is 0.0339. The maximum atomic E-state index is 11.1. The van der Waals surface area contributed by atoms with Crippen LogP contribution in [-0.2, 0) is 4.79 Å². The van der Waals surface area contributed by atoms with Gasteiger partial charge in [0.25, 0.3) is 0 Å². The fraction of sp³-hybridized carbons (Fsp3) is 0.182. The fourth-order valence-corrected chi connectivity index (χ4v) is 0.893. The van der Waals surface area contributed by atoms with Crippen LogP contribution in [-0.4, -0.2) is 24.9 Å². The molecule has 0 fully saturated rings. The second-order valence-electron chi connectivity index (χ2n) is 3.08. The summed E-state index contributed by atoms with van der Waals surface area (Å²) in [5, 5.41) is 3.00. The highest BCUT2D eigenvalue weighted by Gasteiger charge is 1.95. The van der Waals surface area contributed by atoms with E-state index < -0.39 is 0 Å². The molecule has 14 heavy (non-hydrogen) atoms. The number of likely N-dealkylation sites (N-methyl/N-ethyl adjacent to an activating group) is 1. The fourth-order valence-electron chi connectivity index (χ4n) is 0.893. The Hall–Kier alpha value is -1.77. The predicted octanol–water partition coefficient (Wildman–Crippen LogP) is 1.70. The Morgan fingerprint density at radius 1 is 1.29 bits per heavy atom. The topological polar surface area (TPSA) is 32.3 Å². The highest BCUT2D eigenvalue weighted by atomic mass is 16.2. The van der Waals surface area contributed by atoms with Gasteiger partial charge in [-0.25, -0.2) is 0 Å². The summed E-state index contributed by atoms with van der Waals surface area (Å²) in [5.74, 6) is -0.0339. The molecule has 0 saturated heterocycles. The van der Waals surface area contributed by atoms with E-state index in [1.54, 1.807) is 20.3 Å². The SMILES string of the molecule is CN(C)C(=O)C=CNc1ccccc1. The van der Waals surface area contributed by atoms with Crippen molar-refractivity contribution >= 4 is 11.6 Å². The lowest BCUT2D eigenvalue weighted by atomic mass is 10.3. The van der Waals surface area contributed by atoms with Crippen LogP contribution in [0.1, 0.15) is 0 Å². The van der Waals surface area contributed by atoms with Gasteiger partial charge in [-0.1, -0.05) is 18.2 Å². The van der Waals surface area contributed by atoms with Crippen molar-refractivity contribution in [2.75, 3.05) is 19.4 Å². The number of carbonyl (C=O) groups excluding carboxylic acids is 1. The average molecular weight is 190 g/mol. The van der Waals surface area contributed by atoms with Gasteiger partial charge in [0.1, 0.15) is 0 Å². The number of carbonyl (C=O) groups is 1. The third-order valence-corrected chi connectivity index (χ3v) is 1.69. The number of amides is 1. The first-order chi connectivity index (χ1) is 6.70. The summed E-state index contributed by atoms with van der Waals surface area (Å²) < 4.78 is 0. The largest absolute Gasteiger partial charge is 0.361 e. The van der Waals surface area contributed by atoms with E-state index in [4.69, 9.17) is 0 Å². The van der Waals surface area contributed by atoms with Crippen molar-refractivity contribution in [1.82, 2.24) is 4.90 Å². The van der Waals surface area contributed by atoms with Crippen molar-refractivity contribution < 1.29 is 4.79 Å². The van der Waals surface area contributed by atoms with Crippen molar-refractivity contribution in [2.45, 2.75) is 0 Å². The Labute approximate surface area is 84.0 Å². The molecule has 0 spiro atoms. The second-order valence-corrected chi connectivity index (χ2v) is 3.08. The summed E-state index contributed by atoms with van der Waals surface area (Å²) in [7, 11) is 3.43. The molecule has 0 aliphatic heterocycles. The number of rotatable bonds is 3. The van der Waals surface area contributed by atoms with Gasteiger partial charge in [-0.15, -0.1) is 0 Å². The van der Waals surface area contributed by atoms with Gasteiger partial charge < -0.3 is 10.2 Å². The minimum Gasteiger partial charge on any atom is -0.361 e. The predicted molar refractivity (Wildman–Crippen MR) is 57.9 cm³/mol. The minimum atomic E-state index is -0.0339. The zero-order chi connectivity index (χ0) is 10.4. The lowest BCUT2D eigenvalue weighted by Crippen LogP contribution is -2.19. The zero-order valence-electron chi connectivity index (χ0n) is 8.40. The number of anilines is 1. The maximum absolute atomic E-state index is 11.1. The first-order valence-corrected chi connectivity index (χ1v) is 4.39. The highest BCUT2D eigenvalue weighted by Crippen LogP contribution is 2.04. The van der Waals surface area contributed by atoms with Crippen LogP contribution in [0.15, 0.2) is 42.6 Å². The monoisotopic (exact) mass is 190 g/mol. The van der Waals surface area contributed by atoms with E-state index in [-0.39, 0.29) is 5.91 Å². The molecule has 1 amide bonds. The summed E-state index contributed by atoms with van der Waals surface area (Å²) in [6, 6.07) is 9.68. The molecule has 0 radical (unpaired) electrons. The molecule has 0 aromatic heterocycles. The molecule has 0 unspecified atom stereocenters. The van der Waals surface area contributed by atoms with Crippen LogP contribution in [0.2, 0.25) is 0 Å². The van der Waals surface area contributed by atoms with E-state index >= 15 is 0 Å². The van der Waals surface area contributed by atoms with Gasteiger partial charge in [-0.2, -0.15) is 0 Å². The number of nitrogens with one attached hydrogen (secondary N) is 1. The molecule has 1 aromatic carbocycles. The van der Waals surface area contributed by atoms with Gasteiger partial charge in [0.2, 0.25) is 5.91 Å². The normalized spacial score (nSPS) is 10.1. The van der Waals surface area contributed by atoms with E-state index in [9.17, 15) is 4.79 Å². The lowest BCUT2D eigenvalue weighted by Gasteiger charge is -2.05. The van der Waals surface area contributed by atoms with Crippen molar-refractivity contribution in [2.24, 2.45) is 0 Å². The Kier molecular flexibility index (Phi) is 3.73. The Morgan fingerprint density at radius 3 is 2.50 bits per heavy atom. The van der Waals surface area contributed by atoms with Crippen molar-refractivity contribution in [1.29, 1.82) is 0 Å². The van der Waals surface area contributed by atoms with Crippen LogP contribution in [0, 0.1) is 0 Å². The molecule has 0 saturated carbocycles. The third-order valence-electron chi connectivity index (χ3n) is 1.69. The molecule has 74 valence electrons. The van der Waals surface area contributed by atoms with Gasteiger partial charge in [0, 0.05) is 32.1 Å². The van der Waals surface area contributed by atoms with E-state index in [1.807, 2.05) is 30.3 Å². The van der Waals surface area contributed by atoms with Gasteiger partial charge in [0.05, 0.1) is 0 Å². The van der Waals surface area contributed by atoms with Crippen LogP contribution in [0.25, 0.3) is 0 Å². The molecule has 0 heterocycles. The number of para-hydroxylation sites is 1. The molecule has 1 aromatic rings. The van der Waals surface area contributed by atoms with Crippen molar-refractivity contribution in [3.05, 3.63) is 42.6 Å². The summed E-state index contributed by atoms with van der Waals surface area (Å²) >= 11 is 0. The molecule has 1 N–H and O–H groups in total. The van der Waals surface area contributed by atoms with E-state index in [2.05, 4.69) is 5.32 Å². The van der Waals surface area contributed by atoms with Gasteiger partial charge >= 0.3 is 0 Å². The third kappa shape index (κ3) is 3.31. The molecule has 0 aliphatic rings. The van der Waals surface area contributed by atoms with Crippen LogP contribution in [0.4, 0.5) is 5.69 Å². The van der Waals surface area contributed by atoms with Crippen molar-refractivity contribution in [3.63, 3.8) is 0 Å². The lowest BCUT2D eigenvalue weighted by molar-refractivity contribution is -0.123. The Bertz CT molecular complexity index is 317. The summed E-state index contributed by atoms with van der Waals surface area (Å²) in [6.45, 7) is 0. The smallest absolute Gasteiger partial charge is 0.247 e. The van der Waals surface area contributed by atoms with E-state index in [1.165, 1.54) is 11.0 Å². The van der Waals surface area contributed by atoms with Gasteiger partial charge in [-0.05, 0) is 12.1 Å². The Morgan fingerprint density at radius 2 is 1.93 bits per heavy atom. The number of hydrogen-bond acceptors (Lipinski definition) is 2. The van der Waals surface area contributed by atoms with Gasteiger partial charge in [-0.3, -0.25) is 4.79 Å². The maximum Gasteiger partial charge on any atom is 0.247 e. The zero-order valence-corrected chi connectivity index (χ0v) is 8.40. The first-order valence-electron chi connectivity index (χ1n) is 4.39. The number of hydrogen-bond donors (Lipinski definition) is 1. The van der Waals surface area contributed by atoms with Crippen molar-refractivity contribution in [3.8, 4) is 0 Å². The quantitative estimate of drug-likeness (QED) is 0.736. The second kappa shape index (κ2) is 5.07. The van der Waals surface area contributed by atoms with Crippen LogP contribution < -0.4 is 5.32 Å².